The Kier molecular flexibility index (Phi) is 3.41. The topological polar surface area (TPSA) is 43.8 Å². The SMILES string of the molecule is Cn1cncc1CSc1ccc(Cl)cc1N. The van der Waals surface area contributed by atoms with Gasteiger partial charge in [-0.1, -0.05) is 11.6 Å². The number of hydrogen-bond acceptors (Lipinski definition) is 3. The fourth-order valence-corrected chi connectivity index (χ4v) is 2.48. The maximum absolute atomic E-state index is 5.87. The number of nitrogens with two attached hydrogens (primary N) is 1. The summed E-state index contributed by atoms with van der Waals surface area (Å²) in [6, 6.07) is 5.56. The number of benzene rings is 1. The number of nitrogens with zero attached hydrogens (tertiary/aromatic N) is 2. The highest BCUT2D eigenvalue weighted by atomic mass is 35.5. The van der Waals surface area contributed by atoms with Gasteiger partial charge in [-0.25, -0.2) is 4.98 Å². The second-order valence-electron chi connectivity index (χ2n) is 3.47. The van der Waals surface area contributed by atoms with E-state index in [0.717, 1.165) is 16.3 Å². The Bertz CT molecular complexity index is 496. The number of hydrogen-bond donors (Lipinski definition) is 1. The van der Waals surface area contributed by atoms with E-state index in [1.165, 1.54) is 5.69 Å². The summed E-state index contributed by atoms with van der Waals surface area (Å²) in [5.74, 6) is 0.850. The van der Waals surface area contributed by atoms with E-state index in [1.807, 2.05) is 29.9 Å². The van der Waals surface area contributed by atoms with E-state index in [1.54, 1.807) is 24.2 Å². The van der Waals surface area contributed by atoms with Crippen LogP contribution >= 0.6 is 23.4 Å². The van der Waals surface area contributed by atoms with Gasteiger partial charge in [-0.3, -0.25) is 0 Å². The molecule has 2 aromatic rings. The first-order chi connectivity index (χ1) is 7.66. The van der Waals surface area contributed by atoms with Gasteiger partial charge >= 0.3 is 0 Å². The molecule has 0 aliphatic heterocycles. The molecule has 0 saturated heterocycles. The number of anilines is 1. The Labute approximate surface area is 104 Å². The zero-order chi connectivity index (χ0) is 11.5. The normalized spacial score (nSPS) is 10.6. The average Bonchev–Trinajstić information content (AvgIpc) is 2.63. The van der Waals surface area contributed by atoms with Crippen LogP contribution < -0.4 is 5.73 Å². The molecule has 0 bridgehead atoms. The average molecular weight is 254 g/mol. The maximum atomic E-state index is 5.87. The van der Waals surface area contributed by atoms with Crippen molar-refractivity contribution in [3.05, 3.63) is 41.4 Å². The third-order valence-corrected chi connectivity index (χ3v) is 3.62. The van der Waals surface area contributed by atoms with Gasteiger partial charge in [0.05, 0.1) is 6.33 Å². The molecule has 1 aromatic heterocycles. The molecule has 2 rings (SSSR count). The van der Waals surface area contributed by atoms with E-state index in [-0.39, 0.29) is 0 Å². The summed E-state index contributed by atoms with van der Waals surface area (Å²) < 4.78 is 2.00. The van der Waals surface area contributed by atoms with Gasteiger partial charge in [0.1, 0.15) is 0 Å². The summed E-state index contributed by atoms with van der Waals surface area (Å²) in [4.78, 5) is 5.11. The van der Waals surface area contributed by atoms with Crippen molar-refractivity contribution in [2.45, 2.75) is 10.6 Å². The van der Waals surface area contributed by atoms with E-state index < -0.39 is 0 Å². The highest BCUT2D eigenvalue weighted by Gasteiger charge is 2.03. The molecule has 84 valence electrons. The van der Waals surface area contributed by atoms with Crippen molar-refractivity contribution in [3.8, 4) is 0 Å². The van der Waals surface area contributed by atoms with Crippen LogP contribution in [0.2, 0.25) is 5.02 Å². The number of nitrogen functional groups attached to an aromatic ring is 1. The lowest BCUT2D eigenvalue weighted by atomic mass is 10.3. The van der Waals surface area contributed by atoms with Crippen molar-refractivity contribution in [1.82, 2.24) is 9.55 Å². The molecule has 0 aliphatic rings. The molecule has 0 aliphatic carbocycles. The molecule has 0 fully saturated rings. The van der Waals surface area contributed by atoms with Gasteiger partial charge in [0.25, 0.3) is 0 Å². The molecule has 0 radical (unpaired) electrons. The van der Waals surface area contributed by atoms with Crippen molar-refractivity contribution in [1.29, 1.82) is 0 Å². The molecule has 5 heteroatoms. The number of thioether (sulfide) groups is 1. The van der Waals surface area contributed by atoms with Gasteiger partial charge in [-0.15, -0.1) is 11.8 Å². The van der Waals surface area contributed by atoms with E-state index in [9.17, 15) is 0 Å². The Balaban J connectivity index is 2.08. The Morgan fingerprint density at radius 2 is 2.31 bits per heavy atom. The van der Waals surface area contributed by atoms with Gasteiger partial charge in [0.15, 0.2) is 0 Å². The standard InChI is InChI=1S/C11H12ClN3S/c1-15-7-14-5-9(15)6-16-11-3-2-8(12)4-10(11)13/h2-5,7H,6,13H2,1H3. The zero-order valence-corrected chi connectivity index (χ0v) is 10.4. The summed E-state index contributed by atoms with van der Waals surface area (Å²) in [6.07, 6.45) is 3.65. The number of halogens is 1. The Morgan fingerprint density at radius 1 is 1.50 bits per heavy atom. The van der Waals surface area contributed by atoms with Crippen molar-refractivity contribution < 1.29 is 0 Å². The Hall–Kier alpha value is -1.13. The number of rotatable bonds is 3. The molecule has 1 aromatic carbocycles. The summed E-state index contributed by atoms with van der Waals surface area (Å²) in [5, 5.41) is 0.669. The lowest BCUT2D eigenvalue weighted by Crippen LogP contribution is -1.93. The van der Waals surface area contributed by atoms with Crippen LogP contribution in [-0.4, -0.2) is 9.55 Å². The smallest absolute Gasteiger partial charge is 0.0945 e. The predicted octanol–water partition coefficient (Wildman–Crippen LogP) is 2.95. The molecular formula is C11H12ClN3S. The highest BCUT2D eigenvalue weighted by Crippen LogP contribution is 2.29. The van der Waals surface area contributed by atoms with Crippen molar-refractivity contribution in [2.75, 3.05) is 5.73 Å². The predicted molar refractivity (Wildman–Crippen MR) is 68.6 cm³/mol. The Morgan fingerprint density at radius 3 is 2.94 bits per heavy atom. The van der Waals surface area contributed by atoms with Crippen LogP contribution in [0.25, 0.3) is 0 Å². The van der Waals surface area contributed by atoms with Gasteiger partial charge < -0.3 is 10.3 Å². The third kappa shape index (κ3) is 2.51. The largest absolute Gasteiger partial charge is 0.398 e. The molecule has 16 heavy (non-hydrogen) atoms. The van der Waals surface area contributed by atoms with Crippen LogP contribution in [0.4, 0.5) is 5.69 Å². The summed E-state index contributed by atoms with van der Waals surface area (Å²) in [7, 11) is 1.98. The van der Waals surface area contributed by atoms with Crippen LogP contribution in [0.1, 0.15) is 5.69 Å². The molecule has 1 heterocycles. The molecule has 0 saturated carbocycles. The molecule has 0 amide bonds. The molecular weight excluding hydrogens is 242 g/mol. The zero-order valence-electron chi connectivity index (χ0n) is 8.85. The molecule has 0 unspecified atom stereocenters. The second-order valence-corrected chi connectivity index (χ2v) is 4.92. The number of aryl methyl sites for hydroxylation is 1. The third-order valence-electron chi connectivity index (χ3n) is 2.26. The first kappa shape index (κ1) is 11.4. The quantitative estimate of drug-likeness (QED) is 0.676. The minimum absolute atomic E-state index is 0.669. The van der Waals surface area contributed by atoms with E-state index in [2.05, 4.69) is 4.98 Å². The highest BCUT2D eigenvalue weighted by molar-refractivity contribution is 7.98. The molecule has 3 nitrogen and oxygen atoms in total. The van der Waals surface area contributed by atoms with E-state index in [4.69, 9.17) is 17.3 Å². The maximum Gasteiger partial charge on any atom is 0.0945 e. The van der Waals surface area contributed by atoms with Crippen molar-refractivity contribution >= 4 is 29.1 Å². The summed E-state index contributed by atoms with van der Waals surface area (Å²) >= 11 is 7.52. The van der Waals surface area contributed by atoms with Gasteiger partial charge in [-0.2, -0.15) is 0 Å². The van der Waals surface area contributed by atoms with E-state index >= 15 is 0 Å². The fourth-order valence-electron chi connectivity index (χ4n) is 1.33. The van der Waals surface area contributed by atoms with Crippen molar-refractivity contribution in [3.63, 3.8) is 0 Å². The first-order valence-electron chi connectivity index (χ1n) is 4.80. The minimum atomic E-state index is 0.669. The fraction of sp³-hybridized carbons (Fsp3) is 0.182. The second kappa shape index (κ2) is 4.80. The first-order valence-corrected chi connectivity index (χ1v) is 6.16. The van der Waals surface area contributed by atoms with Gasteiger partial charge in [0, 0.05) is 40.3 Å². The number of imidazole rings is 1. The molecule has 2 N–H and O–H groups in total. The number of aromatic nitrogens is 2. The van der Waals surface area contributed by atoms with Crippen LogP contribution in [0.15, 0.2) is 35.6 Å². The van der Waals surface area contributed by atoms with E-state index in [0.29, 0.717) is 5.02 Å². The summed E-state index contributed by atoms with van der Waals surface area (Å²) in [5.41, 5.74) is 7.76. The molecule has 0 spiro atoms. The van der Waals surface area contributed by atoms with Crippen molar-refractivity contribution in [2.24, 2.45) is 7.05 Å². The lowest BCUT2D eigenvalue weighted by molar-refractivity contribution is 0.867. The van der Waals surface area contributed by atoms with Gasteiger partial charge in [-0.05, 0) is 18.2 Å². The molecule has 0 atom stereocenters. The minimum Gasteiger partial charge on any atom is -0.398 e. The van der Waals surface area contributed by atoms with Crippen LogP contribution in [-0.2, 0) is 12.8 Å². The van der Waals surface area contributed by atoms with Gasteiger partial charge in [0.2, 0.25) is 0 Å². The van der Waals surface area contributed by atoms with Crippen LogP contribution in [0.5, 0.6) is 0 Å². The lowest BCUT2D eigenvalue weighted by Gasteiger charge is -2.06. The van der Waals surface area contributed by atoms with Crippen LogP contribution in [0.3, 0.4) is 0 Å². The summed E-state index contributed by atoms with van der Waals surface area (Å²) in [6.45, 7) is 0. The monoisotopic (exact) mass is 253 g/mol. The van der Waals surface area contributed by atoms with Crippen LogP contribution in [0, 0.1) is 0 Å².